The molecule has 7 heteroatoms. The summed E-state index contributed by atoms with van der Waals surface area (Å²) in [6, 6.07) is 17.2. The smallest absolute Gasteiger partial charge is 0.260 e. The number of para-hydroxylation sites is 1. The van der Waals surface area contributed by atoms with E-state index in [0.717, 1.165) is 27.4 Å². The minimum absolute atomic E-state index is 0.0749. The van der Waals surface area contributed by atoms with Crippen LogP contribution < -0.4 is 9.64 Å². The normalized spacial score (nSPS) is 11.0. The number of rotatable bonds is 7. The van der Waals surface area contributed by atoms with Crippen molar-refractivity contribution in [2.24, 2.45) is 0 Å². The van der Waals surface area contributed by atoms with Crippen LogP contribution in [0.15, 0.2) is 54.6 Å². The van der Waals surface area contributed by atoms with Crippen LogP contribution in [0.3, 0.4) is 0 Å². The Morgan fingerprint density at radius 1 is 1.13 bits per heavy atom. The lowest BCUT2D eigenvalue weighted by atomic mass is 10.2. The molecule has 4 aromatic rings. The third kappa shape index (κ3) is 4.07. The van der Waals surface area contributed by atoms with Crippen molar-refractivity contribution in [3.63, 3.8) is 0 Å². The Balaban J connectivity index is 1.71. The summed E-state index contributed by atoms with van der Waals surface area (Å²) < 4.78 is 8.66. The number of aryl methyl sites for hydroxylation is 2. The number of nitrogens with zero attached hydrogens (tertiary/aromatic N) is 4. The second-order valence-corrected chi connectivity index (χ2v) is 8.01. The molecule has 0 atom stereocenters. The summed E-state index contributed by atoms with van der Waals surface area (Å²) in [6.07, 6.45) is 0. The molecule has 0 spiro atoms. The quantitative estimate of drug-likeness (QED) is 0.429. The number of aromatic nitrogens is 3. The van der Waals surface area contributed by atoms with Crippen LogP contribution in [0.2, 0.25) is 0 Å². The van der Waals surface area contributed by atoms with Gasteiger partial charge in [-0.25, -0.2) is 4.98 Å². The van der Waals surface area contributed by atoms with Crippen molar-refractivity contribution in [1.29, 1.82) is 0 Å². The first-order chi connectivity index (χ1) is 14.6. The second-order valence-electron chi connectivity index (χ2n) is 7.01. The summed E-state index contributed by atoms with van der Waals surface area (Å²) in [5, 5.41) is 5.19. The van der Waals surface area contributed by atoms with Gasteiger partial charge in [0.25, 0.3) is 5.91 Å². The van der Waals surface area contributed by atoms with Gasteiger partial charge in [-0.15, -0.1) is 0 Å². The summed E-state index contributed by atoms with van der Waals surface area (Å²) in [6.45, 7) is 7.57. The number of benzene rings is 2. The molecule has 1 amide bonds. The van der Waals surface area contributed by atoms with E-state index in [-0.39, 0.29) is 5.91 Å². The number of anilines is 1. The van der Waals surface area contributed by atoms with Crippen molar-refractivity contribution in [2.45, 2.75) is 27.3 Å². The zero-order chi connectivity index (χ0) is 21.1. The maximum absolute atomic E-state index is 13.4. The Bertz CT molecular complexity index is 1170. The molecule has 154 valence electrons. The number of hydrogen-bond donors (Lipinski definition) is 0. The lowest BCUT2D eigenvalue weighted by Gasteiger charge is -2.20. The van der Waals surface area contributed by atoms with E-state index in [4.69, 9.17) is 9.72 Å². The van der Waals surface area contributed by atoms with E-state index in [1.807, 2.05) is 80.1 Å². The molecule has 2 aromatic carbocycles. The minimum Gasteiger partial charge on any atom is -0.492 e. The molecule has 2 heterocycles. The van der Waals surface area contributed by atoms with Crippen LogP contribution >= 0.6 is 11.3 Å². The fraction of sp³-hybridized carbons (Fsp3) is 0.261. The van der Waals surface area contributed by atoms with Crippen LogP contribution in [0.25, 0.3) is 10.2 Å². The minimum atomic E-state index is -0.0749. The zero-order valence-corrected chi connectivity index (χ0v) is 18.1. The van der Waals surface area contributed by atoms with E-state index < -0.39 is 0 Å². The number of hydrogen-bond acceptors (Lipinski definition) is 5. The first-order valence-electron chi connectivity index (χ1n) is 9.97. The van der Waals surface area contributed by atoms with E-state index in [2.05, 4.69) is 5.10 Å². The van der Waals surface area contributed by atoms with E-state index in [1.54, 1.807) is 4.90 Å². The van der Waals surface area contributed by atoms with E-state index in [9.17, 15) is 4.79 Å². The van der Waals surface area contributed by atoms with Gasteiger partial charge in [-0.05, 0) is 51.1 Å². The van der Waals surface area contributed by atoms with Gasteiger partial charge >= 0.3 is 0 Å². The molecule has 30 heavy (non-hydrogen) atoms. The lowest BCUT2D eigenvalue weighted by molar-refractivity contribution is 0.0985. The third-order valence-electron chi connectivity index (χ3n) is 4.81. The van der Waals surface area contributed by atoms with Crippen LogP contribution in [-0.2, 0) is 6.54 Å². The standard InChI is InChI=1S/C23H24N4O2S/c1-4-29-19-11-8-12-20-21(19)24-23(30-20)26(22(28)18-9-6-5-7-10-18)13-14-27-17(3)15-16(2)25-27/h5-12,15H,4,13-14H2,1-3H3. The summed E-state index contributed by atoms with van der Waals surface area (Å²) >= 11 is 1.50. The highest BCUT2D eigenvalue weighted by Gasteiger charge is 2.22. The highest BCUT2D eigenvalue weighted by Crippen LogP contribution is 2.34. The molecule has 0 saturated carbocycles. The Morgan fingerprint density at radius 3 is 2.63 bits per heavy atom. The topological polar surface area (TPSA) is 60.2 Å². The SMILES string of the molecule is CCOc1cccc2sc(N(CCn3nc(C)cc3C)C(=O)c3ccccc3)nc12. The first-order valence-corrected chi connectivity index (χ1v) is 10.8. The van der Waals surface area contributed by atoms with Crippen LogP contribution in [0.4, 0.5) is 5.13 Å². The van der Waals surface area contributed by atoms with Crippen LogP contribution in [0.1, 0.15) is 28.7 Å². The van der Waals surface area contributed by atoms with E-state index in [1.165, 1.54) is 11.3 Å². The zero-order valence-electron chi connectivity index (χ0n) is 17.3. The lowest BCUT2D eigenvalue weighted by Crippen LogP contribution is -2.34. The number of ether oxygens (including phenoxy) is 1. The van der Waals surface area contributed by atoms with Gasteiger partial charge in [0.1, 0.15) is 11.3 Å². The molecule has 0 N–H and O–H groups in total. The predicted octanol–water partition coefficient (Wildman–Crippen LogP) is 4.86. The average molecular weight is 421 g/mol. The Labute approximate surface area is 179 Å². The van der Waals surface area contributed by atoms with Crippen LogP contribution in [0, 0.1) is 13.8 Å². The molecule has 2 aromatic heterocycles. The Hall–Kier alpha value is -3.19. The van der Waals surface area contributed by atoms with Gasteiger partial charge in [0.05, 0.1) is 23.5 Å². The molecule has 0 aliphatic carbocycles. The van der Waals surface area contributed by atoms with Crippen LogP contribution in [0.5, 0.6) is 5.75 Å². The molecule has 0 radical (unpaired) electrons. The van der Waals surface area contributed by atoms with Crippen molar-refractivity contribution >= 4 is 32.6 Å². The summed E-state index contributed by atoms with van der Waals surface area (Å²) in [7, 11) is 0. The number of amides is 1. The molecule has 0 fully saturated rings. The summed E-state index contributed by atoms with van der Waals surface area (Å²) in [5.41, 5.74) is 3.46. The molecule has 0 aliphatic heterocycles. The number of carbonyl (C=O) groups excluding carboxylic acids is 1. The second kappa shape index (κ2) is 8.67. The highest BCUT2D eigenvalue weighted by molar-refractivity contribution is 7.22. The molecular weight excluding hydrogens is 396 g/mol. The molecule has 0 saturated heterocycles. The highest BCUT2D eigenvalue weighted by atomic mass is 32.1. The number of thiazole rings is 1. The molecule has 4 rings (SSSR count). The van der Waals surface area contributed by atoms with Gasteiger partial charge in [0.15, 0.2) is 5.13 Å². The van der Waals surface area contributed by atoms with E-state index in [0.29, 0.717) is 30.4 Å². The summed E-state index contributed by atoms with van der Waals surface area (Å²) in [5.74, 6) is 0.664. The van der Waals surface area contributed by atoms with Gasteiger partial charge in [0.2, 0.25) is 0 Å². The van der Waals surface area contributed by atoms with Crippen molar-refractivity contribution in [1.82, 2.24) is 14.8 Å². The molecular formula is C23H24N4O2S. The fourth-order valence-corrected chi connectivity index (χ4v) is 4.42. The summed E-state index contributed by atoms with van der Waals surface area (Å²) in [4.78, 5) is 19.9. The monoisotopic (exact) mass is 420 g/mol. The first kappa shape index (κ1) is 20.1. The number of fused-ring (bicyclic) bond motifs is 1. The van der Waals surface area contributed by atoms with E-state index >= 15 is 0 Å². The van der Waals surface area contributed by atoms with Gasteiger partial charge in [-0.3, -0.25) is 14.4 Å². The Kier molecular flexibility index (Phi) is 5.81. The van der Waals surface area contributed by atoms with Crippen molar-refractivity contribution in [3.8, 4) is 5.75 Å². The van der Waals surface area contributed by atoms with Crippen molar-refractivity contribution in [2.75, 3.05) is 18.1 Å². The predicted molar refractivity (Wildman–Crippen MR) is 121 cm³/mol. The fourth-order valence-electron chi connectivity index (χ4n) is 3.42. The van der Waals surface area contributed by atoms with Crippen molar-refractivity contribution < 1.29 is 9.53 Å². The molecule has 6 nitrogen and oxygen atoms in total. The van der Waals surface area contributed by atoms with Crippen molar-refractivity contribution in [3.05, 3.63) is 71.5 Å². The maximum Gasteiger partial charge on any atom is 0.260 e. The average Bonchev–Trinajstić information content (AvgIpc) is 3.32. The maximum atomic E-state index is 13.4. The van der Waals surface area contributed by atoms with Crippen LogP contribution in [-0.4, -0.2) is 33.8 Å². The van der Waals surface area contributed by atoms with Gasteiger partial charge in [0, 0.05) is 17.8 Å². The van der Waals surface area contributed by atoms with Gasteiger partial charge < -0.3 is 4.74 Å². The largest absolute Gasteiger partial charge is 0.492 e. The Morgan fingerprint density at radius 2 is 1.93 bits per heavy atom. The molecule has 0 aliphatic rings. The molecule has 0 bridgehead atoms. The number of carbonyl (C=O) groups is 1. The van der Waals surface area contributed by atoms with Gasteiger partial charge in [-0.1, -0.05) is 35.6 Å². The van der Waals surface area contributed by atoms with Gasteiger partial charge in [-0.2, -0.15) is 5.10 Å². The third-order valence-corrected chi connectivity index (χ3v) is 5.85. The molecule has 0 unspecified atom stereocenters.